The molecular weight excluding hydrogens is 502 g/mol. The first-order chi connectivity index (χ1) is 14.4. The molecule has 0 aliphatic heterocycles. The Balaban J connectivity index is -0.000000337. The average Bonchev–Trinajstić information content (AvgIpc) is 3.43. The molecule has 2 aliphatic rings. The second-order valence-corrected chi connectivity index (χ2v) is 6.01. The first-order valence-electron chi connectivity index (χ1n) is 9.07. The zero-order valence-corrected chi connectivity index (χ0v) is 23.1. The Bertz CT molecular complexity index is 755. The predicted molar refractivity (Wildman–Crippen MR) is 130 cm³/mol. The standard InChI is InChI=1S/2C6H5FO.2C6H7.2CH3.H2Si.Zr/c2*7-5-1-3-6(8)4-2-5;2*1-6-4-2-3-5-6;;;;/h2*1-4,8H;4-5H,2H2,1H3;2,4H,5H2,1H3;2*1H3;1H2;/q;;4*-1;;. The van der Waals surface area contributed by atoms with E-state index < -0.39 is 0 Å². The van der Waals surface area contributed by atoms with Crippen molar-refractivity contribution < 1.29 is 42.3 Å². The van der Waals surface area contributed by atoms with E-state index in [1.165, 1.54) is 59.7 Å². The normalized spacial score (nSPS) is 11.6. The molecule has 2 N–H and O–H groups in total. The van der Waals surface area contributed by atoms with E-state index in [0.717, 1.165) is 12.8 Å². The number of phenols is 2. The Kier molecular flexibility index (Phi) is 23.9. The summed E-state index contributed by atoms with van der Waals surface area (Å²) in [6.07, 6.45) is 16.4. The van der Waals surface area contributed by atoms with Crippen LogP contribution in [0.25, 0.3) is 0 Å². The third kappa shape index (κ3) is 19.9. The van der Waals surface area contributed by atoms with E-state index in [2.05, 4.69) is 38.2 Å². The van der Waals surface area contributed by atoms with Gasteiger partial charge in [0, 0.05) is 0 Å². The maximum atomic E-state index is 12.0. The molecule has 2 aliphatic carbocycles. The second kappa shape index (κ2) is 22.2. The van der Waals surface area contributed by atoms with Crippen LogP contribution in [0.15, 0.2) is 84.0 Å². The number of phenolic OH excluding ortho intramolecular Hbond substituents is 2. The maximum absolute atomic E-state index is 12.0. The van der Waals surface area contributed by atoms with E-state index in [0.29, 0.717) is 0 Å². The molecule has 0 saturated heterocycles. The zero-order chi connectivity index (χ0) is 22.8. The molecule has 174 valence electrons. The molecule has 0 fully saturated rings. The van der Waals surface area contributed by atoms with Crippen LogP contribution < -0.4 is 0 Å². The van der Waals surface area contributed by atoms with Crippen LogP contribution in [0, 0.1) is 38.6 Å². The minimum atomic E-state index is -0.331. The molecule has 2 nitrogen and oxygen atoms in total. The van der Waals surface area contributed by atoms with Gasteiger partial charge in [-0.05, 0) is 48.5 Å². The van der Waals surface area contributed by atoms with Crippen molar-refractivity contribution in [2.24, 2.45) is 0 Å². The van der Waals surface area contributed by atoms with Gasteiger partial charge >= 0.3 is 30.2 Å². The van der Waals surface area contributed by atoms with Crippen LogP contribution in [0.5, 0.6) is 11.5 Å². The Morgan fingerprint density at radius 2 is 1.25 bits per heavy atom. The van der Waals surface area contributed by atoms with Gasteiger partial charge in [-0.1, -0.05) is 6.92 Å². The molecule has 2 aromatic carbocycles. The van der Waals surface area contributed by atoms with Gasteiger partial charge in [-0.2, -0.15) is 11.6 Å². The fourth-order valence-corrected chi connectivity index (χ4v) is 1.86. The van der Waals surface area contributed by atoms with E-state index >= 15 is 0 Å². The van der Waals surface area contributed by atoms with Gasteiger partial charge in [0.2, 0.25) is 0 Å². The summed E-state index contributed by atoms with van der Waals surface area (Å²) in [6, 6.07) is 10.0. The van der Waals surface area contributed by atoms with Crippen molar-refractivity contribution in [3.8, 4) is 11.5 Å². The number of halogens is 2. The molecule has 0 saturated carbocycles. The first kappa shape index (κ1) is 34.6. The first-order valence-corrected chi connectivity index (χ1v) is 15.0. The van der Waals surface area contributed by atoms with E-state index in [-0.39, 0.29) is 38.0 Å². The summed E-state index contributed by atoms with van der Waals surface area (Å²) >= 11 is 1.58. The minimum absolute atomic E-state index is 0. The molecule has 0 spiro atoms. The quantitative estimate of drug-likeness (QED) is 0.302. The molecule has 0 aromatic heterocycles. The number of aromatic hydroxyl groups is 2. The van der Waals surface area contributed by atoms with Crippen LogP contribution in [0.2, 0.25) is 0 Å². The third-order valence-corrected chi connectivity index (χ3v) is 3.39. The summed E-state index contributed by atoms with van der Waals surface area (Å²) in [5.74, 6) is -0.483. The van der Waals surface area contributed by atoms with Crippen LogP contribution >= 0.6 is 0 Å². The van der Waals surface area contributed by atoms with Gasteiger partial charge in [-0.3, -0.25) is 12.2 Å². The second-order valence-electron chi connectivity index (χ2n) is 6.01. The molecule has 0 amide bonds. The van der Waals surface area contributed by atoms with E-state index in [4.69, 9.17) is 10.2 Å². The summed E-state index contributed by atoms with van der Waals surface area (Å²) in [4.78, 5) is 0. The molecule has 0 atom stereocenters. The number of hydrogen-bond donors (Lipinski definition) is 2. The Labute approximate surface area is 209 Å². The van der Waals surface area contributed by atoms with Crippen molar-refractivity contribution in [2.75, 3.05) is 0 Å². The molecule has 0 radical (unpaired) electrons. The van der Waals surface area contributed by atoms with Gasteiger partial charge in [0.15, 0.2) is 0 Å². The van der Waals surface area contributed by atoms with Crippen LogP contribution in [0.3, 0.4) is 0 Å². The summed E-state index contributed by atoms with van der Waals surface area (Å²) in [7, 11) is 0. The molecule has 0 unspecified atom stereocenters. The average molecular weight is 534 g/mol. The summed E-state index contributed by atoms with van der Waals surface area (Å²) < 4.78 is 24.0. The molecule has 0 bridgehead atoms. The van der Waals surface area contributed by atoms with Gasteiger partial charge in [0.1, 0.15) is 23.1 Å². The van der Waals surface area contributed by atoms with Crippen molar-refractivity contribution in [1.82, 2.24) is 0 Å². The third-order valence-electron chi connectivity index (χ3n) is 3.39. The van der Waals surface area contributed by atoms with Gasteiger partial charge in [0.25, 0.3) is 0 Å². The van der Waals surface area contributed by atoms with Crippen molar-refractivity contribution >= 4 is 6.88 Å². The van der Waals surface area contributed by atoms with Gasteiger partial charge < -0.3 is 25.1 Å². The van der Waals surface area contributed by atoms with Crippen LogP contribution in [-0.4, -0.2) is 17.1 Å². The number of rotatable bonds is 0. The van der Waals surface area contributed by atoms with Crippen LogP contribution in [0.4, 0.5) is 8.78 Å². The zero-order valence-electron chi connectivity index (χ0n) is 19.2. The van der Waals surface area contributed by atoms with E-state index in [1.807, 2.05) is 19.0 Å². The summed E-state index contributed by atoms with van der Waals surface area (Å²) in [5.41, 5.74) is 2.75. The van der Waals surface area contributed by atoms with Crippen LogP contribution in [-0.2, 0) is 23.3 Å². The molecule has 32 heavy (non-hydrogen) atoms. The van der Waals surface area contributed by atoms with Crippen molar-refractivity contribution in [2.45, 2.75) is 26.7 Å². The SMILES string of the molecule is CC1=CC=[C-]C1.CC1=CC[C-]=C1.Oc1ccc(F)cc1.Oc1ccc(F)cc1.[CH3-].[CH3-].[SiH2]=[Zr]. The fourth-order valence-electron chi connectivity index (χ4n) is 1.86. The Morgan fingerprint density at radius 1 is 0.812 bits per heavy atom. The van der Waals surface area contributed by atoms with Gasteiger partial charge in [0.05, 0.1) is 0 Å². The van der Waals surface area contributed by atoms with Crippen LogP contribution in [0.1, 0.15) is 26.7 Å². The molecule has 2 aromatic rings. The molecule has 4 rings (SSSR count). The molecule has 0 heterocycles. The fraction of sp³-hybridized carbons (Fsp3) is 0.154. The van der Waals surface area contributed by atoms with Gasteiger partial charge in [-0.15, -0.1) is 19.8 Å². The number of hydrogen-bond acceptors (Lipinski definition) is 2. The van der Waals surface area contributed by atoms with Gasteiger partial charge in [-0.25, -0.2) is 32.6 Å². The number of allylic oxidation sites excluding steroid dienone is 8. The van der Waals surface area contributed by atoms with Crippen molar-refractivity contribution in [3.05, 3.63) is 123 Å². The molecule has 6 heteroatoms. The Morgan fingerprint density at radius 3 is 1.41 bits per heavy atom. The number of benzene rings is 2. The molecular formula is C26H32F2O2SiZr-4. The topological polar surface area (TPSA) is 40.5 Å². The summed E-state index contributed by atoms with van der Waals surface area (Å²) in [6.45, 7) is 6.14. The Hall–Kier alpha value is -2.04. The van der Waals surface area contributed by atoms with Crippen molar-refractivity contribution in [3.63, 3.8) is 0 Å². The van der Waals surface area contributed by atoms with E-state index in [9.17, 15) is 8.78 Å². The predicted octanol–water partition coefficient (Wildman–Crippen LogP) is 6.44. The summed E-state index contributed by atoms with van der Waals surface area (Å²) in [5, 5.41) is 17.2. The monoisotopic (exact) mass is 532 g/mol. The van der Waals surface area contributed by atoms with E-state index in [1.54, 1.807) is 23.3 Å². The van der Waals surface area contributed by atoms with Crippen molar-refractivity contribution in [1.29, 1.82) is 0 Å².